The van der Waals surface area contributed by atoms with E-state index >= 15 is 0 Å². The standard InChI is InChI=1S/C19H24N2O4/c1-11-6-7-13(8-12(11)2)18(23)20-9-16(22)21-10-14-4-3-5-15(14)17(21)19(24)25/h6-8,14-15,17H,3-5,9-10H2,1-2H3,(H,20,23)(H,24,25)/t14-,15-,17+/m0/s1. The molecule has 1 aliphatic carbocycles. The first-order valence-electron chi connectivity index (χ1n) is 8.76. The van der Waals surface area contributed by atoms with Gasteiger partial charge in [0, 0.05) is 12.1 Å². The number of amides is 2. The van der Waals surface area contributed by atoms with Crippen LogP contribution >= 0.6 is 0 Å². The highest BCUT2D eigenvalue weighted by Crippen LogP contribution is 2.42. The summed E-state index contributed by atoms with van der Waals surface area (Å²) in [5.74, 6) is -1.25. The second kappa shape index (κ2) is 6.86. The molecule has 3 rings (SSSR count). The predicted molar refractivity (Wildman–Crippen MR) is 92.2 cm³/mol. The molecule has 6 nitrogen and oxygen atoms in total. The van der Waals surface area contributed by atoms with E-state index in [2.05, 4.69) is 5.32 Å². The Balaban J connectivity index is 1.63. The molecule has 0 radical (unpaired) electrons. The number of hydrogen-bond acceptors (Lipinski definition) is 3. The molecule has 1 aliphatic heterocycles. The summed E-state index contributed by atoms with van der Waals surface area (Å²) in [4.78, 5) is 37.8. The van der Waals surface area contributed by atoms with Crippen molar-refractivity contribution in [2.75, 3.05) is 13.1 Å². The van der Waals surface area contributed by atoms with Crippen molar-refractivity contribution in [1.29, 1.82) is 0 Å². The number of rotatable bonds is 4. The molecule has 134 valence electrons. The van der Waals surface area contributed by atoms with Crippen LogP contribution in [0.3, 0.4) is 0 Å². The molecule has 6 heteroatoms. The summed E-state index contributed by atoms with van der Waals surface area (Å²) in [7, 11) is 0. The largest absolute Gasteiger partial charge is 0.480 e. The van der Waals surface area contributed by atoms with E-state index < -0.39 is 12.0 Å². The van der Waals surface area contributed by atoms with Gasteiger partial charge in [0.05, 0.1) is 6.54 Å². The molecule has 25 heavy (non-hydrogen) atoms. The summed E-state index contributed by atoms with van der Waals surface area (Å²) in [5.41, 5.74) is 2.61. The first kappa shape index (κ1) is 17.5. The number of carbonyl (C=O) groups excluding carboxylic acids is 2. The number of fused-ring (bicyclic) bond motifs is 1. The van der Waals surface area contributed by atoms with Gasteiger partial charge in [-0.1, -0.05) is 12.5 Å². The van der Waals surface area contributed by atoms with Crippen LogP contribution in [0.25, 0.3) is 0 Å². The van der Waals surface area contributed by atoms with E-state index in [-0.39, 0.29) is 30.2 Å². The molecular weight excluding hydrogens is 320 g/mol. The zero-order valence-corrected chi connectivity index (χ0v) is 14.6. The van der Waals surface area contributed by atoms with Crippen molar-refractivity contribution in [3.8, 4) is 0 Å². The summed E-state index contributed by atoms with van der Waals surface area (Å²) < 4.78 is 0. The Bertz CT molecular complexity index is 715. The zero-order chi connectivity index (χ0) is 18.1. The summed E-state index contributed by atoms with van der Waals surface area (Å²) in [6.45, 7) is 4.21. The Labute approximate surface area is 147 Å². The predicted octanol–water partition coefficient (Wildman–Crippen LogP) is 1.74. The van der Waals surface area contributed by atoms with Gasteiger partial charge in [0.1, 0.15) is 6.04 Å². The summed E-state index contributed by atoms with van der Waals surface area (Å²) >= 11 is 0. The van der Waals surface area contributed by atoms with Crippen LogP contribution in [0, 0.1) is 25.7 Å². The van der Waals surface area contributed by atoms with Crippen molar-refractivity contribution in [2.24, 2.45) is 11.8 Å². The van der Waals surface area contributed by atoms with Gasteiger partial charge in [-0.05, 0) is 61.8 Å². The molecular formula is C19H24N2O4. The lowest BCUT2D eigenvalue weighted by atomic mass is 9.94. The molecule has 0 bridgehead atoms. The Hall–Kier alpha value is -2.37. The van der Waals surface area contributed by atoms with E-state index in [1.54, 1.807) is 12.1 Å². The van der Waals surface area contributed by atoms with Gasteiger partial charge in [0.25, 0.3) is 5.91 Å². The number of carboxylic acids is 1. The van der Waals surface area contributed by atoms with Crippen LogP contribution in [0.5, 0.6) is 0 Å². The first-order valence-corrected chi connectivity index (χ1v) is 8.76. The third-order valence-corrected chi connectivity index (χ3v) is 5.63. The molecule has 2 N–H and O–H groups in total. The van der Waals surface area contributed by atoms with Crippen LogP contribution in [-0.2, 0) is 9.59 Å². The number of hydrogen-bond donors (Lipinski definition) is 2. The molecule has 0 unspecified atom stereocenters. The number of carbonyl (C=O) groups is 3. The van der Waals surface area contributed by atoms with E-state index in [1.165, 1.54) is 4.90 Å². The maximum absolute atomic E-state index is 12.5. The number of nitrogens with zero attached hydrogens (tertiary/aromatic N) is 1. The highest BCUT2D eigenvalue weighted by atomic mass is 16.4. The maximum atomic E-state index is 12.5. The minimum atomic E-state index is -0.941. The average Bonchev–Trinajstić information content (AvgIpc) is 3.15. The summed E-state index contributed by atoms with van der Waals surface area (Å²) in [6.07, 6.45) is 2.87. The zero-order valence-electron chi connectivity index (χ0n) is 14.6. The number of nitrogens with one attached hydrogen (secondary N) is 1. The average molecular weight is 344 g/mol. The lowest BCUT2D eigenvalue weighted by Crippen LogP contribution is -2.47. The lowest BCUT2D eigenvalue weighted by Gasteiger charge is -2.24. The molecule has 1 saturated heterocycles. The van der Waals surface area contributed by atoms with Gasteiger partial charge in [-0.25, -0.2) is 4.79 Å². The van der Waals surface area contributed by atoms with Crippen molar-refractivity contribution >= 4 is 17.8 Å². The Morgan fingerprint density at radius 1 is 1.20 bits per heavy atom. The van der Waals surface area contributed by atoms with Crippen molar-refractivity contribution in [2.45, 2.75) is 39.2 Å². The summed E-state index contributed by atoms with van der Waals surface area (Å²) in [6, 6.07) is 4.63. The molecule has 1 aromatic rings. The van der Waals surface area contributed by atoms with E-state index in [4.69, 9.17) is 0 Å². The lowest BCUT2D eigenvalue weighted by molar-refractivity contribution is -0.149. The normalized spacial score (nSPS) is 24.9. The fourth-order valence-corrected chi connectivity index (χ4v) is 4.12. The minimum absolute atomic E-state index is 0.0527. The Kier molecular flexibility index (Phi) is 4.79. The smallest absolute Gasteiger partial charge is 0.326 e. The van der Waals surface area contributed by atoms with Gasteiger partial charge in [-0.2, -0.15) is 0 Å². The van der Waals surface area contributed by atoms with Gasteiger partial charge >= 0.3 is 5.97 Å². The van der Waals surface area contributed by atoms with Crippen LogP contribution in [0.1, 0.15) is 40.7 Å². The summed E-state index contributed by atoms with van der Waals surface area (Å²) in [5, 5.41) is 12.1. The highest BCUT2D eigenvalue weighted by molar-refractivity contribution is 5.97. The van der Waals surface area contributed by atoms with E-state index in [0.717, 1.165) is 30.4 Å². The topological polar surface area (TPSA) is 86.7 Å². The minimum Gasteiger partial charge on any atom is -0.480 e. The fourth-order valence-electron chi connectivity index (χ4n) is 4.12. The second-order valence-corrected chi connectivity index (χ2v) is 7.17. The van der Waals surface area contributed by atoms with E-state index in [9.17, 15) is 19.5 Å². The number of aryl methyl sites for hydroxylation is 2. The third-order valence-electron chi connectivity index (χ3n) is 5.63. The van der Waals surface area contributed by atoms with Crippen LogP contribution in [-0.4, -0.2) is 46.9 Å². The maximum Gasteiger partial charge on any atom is 0.326 e. The third kappa shape index (κ3) is 3.38. The van der Waals surface area contributed by atoms with Gasteiger partial charge in [-0.15, -0.1) is 0 Å². The Morgan fingerprint density at radius 2 is 1.96 bits per heavy atom. The molecule has 2 amide bonds. The monoisotopic (exact) mass is 344 g/mol. The SMILES string of the molecule is Cc1ccc(C(=O)NCC(=O)N2C[C@@H]3CCC[C@@H]3[C@@H]2C(=O)O)cc1C. The van der Waals surface area contributed by atoms with Gasteiger partial charge in [-0.3, -0.25) is 9.59 Å². The molecule has 0 aromatic heterocycles. The van der Waals surface area contributed by atoms with Crippen LogP contribution in [0.15, 0.2) is 18.2 Å². The molecule has 1 heterocycles. The highest BCUT2D eigenvalue weighted by Gasteiger charge is 2.49. The van der Waals surface area contributed by atoms with Crippen molar-refractivity contribution in [3.05, 3.63) is 34.9 Å². The Morgan fingerprint density at radius 3 is 2.64 bits per heavy atom. The molecule has 0 spiro atoms. The number of benzene rings is 1. The van der Waals surface area contributed by atoms with E-state index in [0.29, 0.717) is 12.1 Å². The van der Waals surface area contributed by atoms with Gasteiger partial charge in [0.2, 0.25) is 5.91 Å². The van der Waals surface area contributed by atoms with Crippen LogP contribution in [0.2, 0.25) is 0 Å². The molecule has 1 aromatic carbocycles. The fraction of sp³-hybridized carbons (Fsp3) is 0.526. The molecule has 2 aliphatic rings. The van der Waals surface area contributed by atoms with E-state index in [1.807, 2.05) is 19.9 Å². The van der Waals surface area contributed by atoms with Gasteiger partial charge in [0.15, 0.2) is 0 Å². The number of likely N-dealkylation sites (tertiary alicyclic amines) is 1. The van der Waals surface area contributed by atoms with Crippen molar-refractivity contribution < 1.29 is 19.5 Å². The van der Waals surface area contributed by atoms with Gasteiger partial charge < -0.3 is 15.3 Å². The first-order chi connectivity index (χ1) is 11.9. The van der Waals surface area contributed by atoms with Crippen molar-refractivity contribution in [1.82, 2.24) is 10.2 Å². The molecule has 3 atom stereocenters. The number of aliphatic carboxylic acids is 1. The van der Waals surface area contributed by atoms with Crippen LogP contribution < -0.4 is 5.32 Å². The van der Waals surface area contributed by atoms with Crippen LogP contribution in [0.4, 0.5) is 0 Å². The number of carboxylic acid groups (broad SMARTS) is 1. The molecule has 2 fully saturated rings. The second-order valence-electron chi connectivity index (χ2n) is 7.17. The van der Waals surface area contributed by atoms with Crippen molar-refractivity contribution in [3.63, 3.8) is 0 Å². The molecule has 1 saturated carbocycles. The quantitative estimate of drug-likeness (QED) is 0.871.